The molecule has 0 bridgehead atoms. The van der Waals surface area contributed by atoms with Gasteiger partial charge >= 0.3 is 6.18 Å². The Labute approximate surface area is 206 Å². The Morgan fingerprint density at radius 1 is 1.19 bits per heavy atom. The van der Waals surface area contributed by atoms with Crippen molar-refractivity contribution in [3.8, 4) is 11.8 Å². The number of hydrogen-bond acceptors (Lipinski definition) is 4. The fourth-order valence-electron chi connectivity index (χ4n) is 4.29. The number of aromatic nitrogens is 2. The maximum atomic E-state index is 14.6. The number of halogens is 4. The predicted octanol–water partition coefficient (Wildman–Crippen LogP) is 3.98. The van der Waals surface area contributed by atoms with E-state index in [-0.39, 0.29) is 35.8 Å². The van der Waals surface area contributed by atoms with Crippen LogP contribution in [-0.4, -0.2) is 65.5 Å². The molecule has 6 nitrogen and oxygen atoms in total. The molecule has 36 heavy (non-hydrogen) atoms. The van der Waals surface area contributed by atoms with Crippen LogP contribution in [0.15, 0.2) is 42.5 Å². The van der Waals surface area contributed by atoms with Gasteiger partial charge in [-0.05, 0) is 50.1 Å². The molecule has 1 aromatic carbocycles. The Bertz CT molecular complexity index is 1310. The van der Waals surface area contributed by atoms with Gasteiger partial charge in [0.1, 0.15) is 17.7 Å². The van der Waals surface area contributed by atoms with Gasteiger partial charge in [0.05, 0.1) is 24.5 Å². The number of likely N-dealkylation sites (tertiary alicyclic amines) is 1. The molecule has 1 fully saturated rings. The van der Waals surface area contributed by atoms with Crippen LogP contribution in [-0.2, 0) is 6.42 Å². The van der Waals surface area contributed by atoms with E-state index in [9.17, 15) is 22.4 Å². The van der Waals surface area contributed by atoms with Gasteiger partial charge in [-0.3, -0.25) is 4.79 Å². The molecule has 3 aromatic rings. The van der Waals surface area contributed by atoms with Gasteiger partial charge in [-0.25, -0.2) is 8.91 Å². The molecule has 0 aliphatic carbocycles. The number of fused-ring (bicyclic) bond motifs is 1. The summed E-state index contributed by atoms with van der Waals surface area (Å²) in [6.07, 6.45) is -6.25. The molecular weight excluding hydrogens is 474 g/mol. The molecule has 0 radical (unpaired) electrons. The maximum absolute atomic E-state index is 14.6. The number of rotatable bonds is 5. The quantitative estimate of drug-likeness (QED) is 0.410. The number of pyridine rings is 1. The van der Waals surface area contributed by atoms with Crippen LogP contribution in [0, 0.1) is 18.8 Å². The van der Waals surface area contributed by atoms with Crippen molar-refractivity contribution >= 4 is 17.2 Å². The lowest BCUT2D eigenvalue weighted by Crippen LogP contribution is -2.46. The third-order valence-electron chi connectivity index (χ3n) is 6.15. The number of piperidine rings is 1. The minimum absolute atomic E-state index is 0.0353. The monoisotopic (exact) mass is 501 g/mol. The van der Waals surface area contributed by atoms with E-state index < -0.39 is 24.8 Å². The number of anilines is 1. The summed E-state index contributed by atoms with van der Waals surface area (Å²) < 4.78 is 56.1. The molecule has 1 aliphatic heterocycles. The zero-order chi connectivity index (χ0) is 25.9. The van der Waals surface area contributed by atoms with Crippen LogP contribution in [0.2, 0.25) is 0 Å². The van der Waals surface area contributed by atoms with E-state index in [1.54, 1.807) is 24.3 Å². The number of carbonyl (C=O) groups excluding carboxylic acids is 1. The lowest BCUT2D eigenvalue weighted by molar-refractivity contribution is -0.127. The normalized spacial score (nSPS) is 18.5. The van der Waals surface area contributed by atoms with Crippen LogP contribution < -0.4 is 10.6 Å². The van der Waals surface area contributed by atoms with Crippen molar-refractivity contribution in [1.82, 2.24) is 19.8 Å². The zero-order valence-corrected chi connectivity index (χ0v) is 20.0. The molecule has 1 aliphatic rings. The van der Waals surface area contributed by atoms with Gasteiger partial charge in [0.2, 0.25) is 0 Å². The third-order valence-corrected chi connectivity index (χ3v) is 6.15. The van der Waals surface area contributed by atoms with Crippen LogP contribution in [0.25, 0.3) is 5.52 Å². The van der Waals surface area contributed by atoms with E-state index in [1.165, 1.54) is 10.6 Å². The second-order valence-electron chi connectivity index (χ2n) is 8.94. The molecule has 2 aromatic heterocycles. The predicted molar refractivity (Wildman–Crippen MR) is 130 cm³/mol. The second-order valence-corrected chi connectivity index (χ2v) is 8.94. The number of nitrogens with zero attached hydrogens (tertiary/aromatic N) is 3. The van der Waals surface area contributed by atoms with E-state index in [4.69, 9.17) is 0 Å². The first-order valence-corrected chi connectivity index (χ1v) is 11.6. The zero-order valence-electron chi connectivity index (χ0n) is 20.0. The van der Waals surface area contributed by atoms with Gasteiger partial charge < -0.3 is 15.5 Å². The van der Waals surface area contributed by atoms with E-state index in [2.05, 4.69) is 27.6 Å². The number of benzene rings is 1. The molecule has 0 saturated carbocycles. The smallest absolute Gasteiger partial charge is 0.364 e. The second kappa shape index (κ2) is 10.6. The maximum Gasteiger partial charge on any atom is 0.393 e. The summed E-state index contributed by atoms with van der Waals surface area (Å²) in [4.78, 5) is 14.3. The summed E-state index contributed by atoms with van der Waals surface area (Å²) in [5.41, 5.74) is 1.45. The molecule has 190 valence electrons. The Balaban J connectivity index is 1.59. The molecule has 3 heterocycles. The first-order chi connectivity index (χ1) is 17.1. The molecule has 0 spiro atoms. The number of amides is 1. The molecule has 1 saturated heterocycles. The van der Waals surface area contributed by atoms with Gasteiger partial charge in [-0.2, -0.15) is 18.3 Å². The largest absolute Gasteiger partial charge is 0.393 e. The number of nitrogens with one attached hydrogen (secondary N) is 2. The highest BCUT2D eigenvalue weighted by atomic mass is 19.4. The standard InChI is InChI=1S/C26H27F4N5O/c1-17-7-3-4-8-18(17)25(36)31-13-6-9-21-19(15-26(28,29)30)23-10-5-11-24(35(23)33-21)32-22-12-14-34(2)16-20(22)27/h3-5,7-8,10-11,20,22,32H,12-16H2,1-2H3,(H,31,36)/t20-,22+/m0/s1. The first kappa shape index (κ1) is 25.5. The number of carbonyl (C=O) groups is 1. The lowest BCUT2D eigenvalue weighted by atomic mass is 10.0. The molecule has 10 heteroatoms. The van der Waals surface area contributed by atoms with Crippen molar-refractivity contribution in [3.05, 3.63) is 64.8 Å². The van der Waals surface area contributed by atoms with E-state index in [1.807, 2.05) is 31.0 Å². The van der Waals surface area contributed by atoms with Crippen molar-refractivity contribution in [3.63, 3.8) is 0 Å². The van der Waals surface area contributed by atoms with Crippen LogP contribution in [0.5, 0.6) is 0 Å². The van der Waals surface area contributed by atoms with Gasteiger partial charge in [-0.1, -0.05) is 30.2 Å². The number of aryl methyl sites for hydroxylation is 1. The minimum Gasteiger partial charge on any atom is -0.364 e. The lowest BCUT2D eigenvalue weighted by Gasteiger charge is -2.33. The average molecular weight is 502 g/mol. The summed E-state index contributed by atoms with van der Waals surface area (Å²) in [7, 11) is 1.84. The molecule has 1 amide bonds. The van der Waals surface area contributed by atoms with Crippen molar-refractivity contribution in [1.29, 1.82) is 0 Å². The van der Waals surface area contributed by atoms with Crippen molar-refractivity contribution in [2.24, 2.45) is 0 Å². The Kier molecular flexibility index (Phi) is 7.50. The third kappa shape index (κ3) is 5.97. The van der Waals surface area contributed by atoms with E-state index >= 15 is 0 Å². The van der Waals surface area contributed by atoms with E-state index in [0.29, 0.717) is 24.3 Å². The Morgan fingerprint density at radius 2 is 1.97 bits per heavy atom. The average Bonchev–Trinajstić information content (AvgIpc) is 3.15. The molecule has 2 N–H and O–H groups in total. The summed E-state index contributed by atoms with van der Waals surface area (Å²) in [6.45, 7) is 2.73. The van der Waals surface area contributed by atoms with E-state index in [0.717, 1.165) is 5.56 Å². The summed E-state index contributed by atoms with van der Waals surface area (Å²) in [5.74, 6) is 5.47. The van der Waals surface area contributed by atoms with Gasteiger partial charge in [0, 0.05) is 24.2 Å². The van der Waals surface area contributed by atoms with Crippen molar-refractivity contribution in [2.45, 2.75) is 38.2 Å². The molecular formula is C26H27F4N5O. The van der Waals surface area contributed by atoms with Crippen LogP contribution in [0.3, 0.4) is 0 Å². The van der Waals surface area contributed by atoms with Crippen LogP contribution >= 0.6 is 0 Å². The Hall–Kier alpha value is -3.58. The van der Waals surface area contributed by atoms with Crippen molar-refractivity contribution < 1.29 is 22.4 Å². The highest BCUT2D eigenvalue weighted by Gasteiger charge is 2.32. The summed E-state index contributed by atoms with van der Waals surface area (Å²) >= 11 is 0. The van der Waals surface area contributed by atoms with Gasteiger partial charge in [-0.15, -0.1) is 0 Å². The fraction of sp³-hybridized carbons (Fsp3) is 0.385. The Morgan fingerprint density at radius 3 is 2.69 bits per heavy atom. The fourth-order valence-corrected chi connectivity index (χ4v) is 4.29. The number of hydrogen-bond donors (Lipinski definition) is 2. The highest BCUT2D eigenvalue weighted by molar-refractivity contribution is 5.95. The van der Waals surface area contributed by atoms with Crippen molar-refractivity contribution in [2.75, 3.05) is 32.0 Å². The van der Waals surface area contributed by atoms with Gasteiger partial charge in [0.25, 0.3) is 5.91 Å². The molecule has 2 atom stereocenters. The number of alkyl halides is 4. The SMILES string of the molecule is Cc1ccccc1C(=O)NCC#Cc1nn2c(N[C@@H]3CCN(C)C[C@@H]3F)cccc2c1CC(F)(F)F. The van der Waals surface area contributed by atoms with Crippen LogP contribution in [0.4, 0.5) is 23.4 Å². The first-order valence-electron chi connectivity index (χ1n) is 11.6. The minimum atomic E-state index is -4.47. The topological polar surface area (TPSA) is 61.7 Å². The van der Waals surface area contributed by atoms with Gasteiger partial charge in [0.15, 0.2) is 0 Å². The van der Waals surface area contributed by atoms with Crippen LogP contribution in [0.1, 0.15) is 33.6 Å². The summed E-state index contributed by atoms with van der Waals surface area (Å²) in [5, 5.41) is 10.1. The highest BCUT2D eigenvalue weighted by Crippen LogP contribution is 2.28. The molecule has 4 rings (SSSR count). The summed E-state index contributed by atoms with van der Waals surface area (Å²) in [6, 6.07) is 11.4. The molecule has 0 unspecified atom stereocenters.